The zero-order chi connectivity index (χ0) is 13.2. The second-order valence-corrected chi connectivity index (χ2v) is 4.53. The molecule has 0 unspecified atom stereocenters. The third-order valence-electron chi connectivity index (χ3n) is 2.84. The van der Waals surface area contributed by atoms with E-state index in [9.17, 15) is 4.79 Å². The molecule has 0 aliphatic heterocycles. The lowest BCUT2D eigenvalue weighted by molar-refractivity contribution is 0.0953. The van der Waals surface area contributed by atoms with Crippen LogP contribution >= 0.6 is 0 Å². The highest BCUT2D eigenvalue weighted by atomic mass is 16.5. The van der Waals surface area contributed by atoms with Crippen molar-refractivity contribution >= 4 is 19.2 Å². The summed E-state index contributed by atoms with van der Waals surface area (Å²) < 4.78 is 4.99. The smallest absolute Gasteiger partial charge is 0.251 e. The quantitative estimate of drug-likeness (QED) is 0.547. The molecule has 98 valence electrons. The SMILES string of the molecule is Bc1cccc(C(=O)NCCCCCCOC)c1. The number of carbonyl (C=O) groups excluding carboxylic acids is 1. The fourth-order valence-electron chi connectivity index (χ4n) is 1.82. The van der Waals surface area contributed by atoms with Gasteiger partial charge >= 0.3 is 0 Å². The minimum atomic E-state index is 0.0237. The molecule has 1 N–H and O–H groups in total. The molecule has 0 heterocycles. The largest absolute Gasteiger partial charge is 0.385 e. The van der Waals surface area contributed by atoms with Crippen molar-refractivity contribution in [1.82, 2.24) is 5.32 Å². The Hall–Kier alpha value is -1.29. The molecule has 4 heteroatoms. The third kappa shape index (κ3) is 5.87. The van der Waals surface area contributed by atoms with Crippen LogP contribution in [0.4, 0.5) is 0 Å². The third-order valence-corrected chi connectivity index (χ3v) is 2.84. The highest BCUT2D eigenvalue weighted by Crippen LogP contribution is 2.00. The Morgan fingerprint density at radius 1 is 1.28 bits per heavy atom. The van der Waals surface area contributed by atoms with Gasteiger partial charge in [0.25, 0.3) is 5.91 Å². The van der Waals surface area contributed by atoms with Gasteiger partial charge in [0, 0.05) is 25.8 Å². The number of benzene rings is 1. The number of nitrogens with one attached hydrogen (secondary N) is 1. The maximum atomic E-state index is 11.8. The van der Waals surface area contributed by atoms with Gasteiger partial charge in [0.2, 0.25) is 0 Å². The van der Waals surface area contributed by atoms with Gasteiger partial charge in [-0.15, -0.1) is 0 Å². The van der Waals surface area contributed by atoms with Gasteiger partial charge in [0.15, 0.2) is 0 Å². The summed E-state index contributed by atoms with van der Waals surface area (Å²) >= 11 is 0. The molecule has 18 heavy (non-hydrogen) atoms. The Morgan fingerprint density at radius 2 is 2.06 bits per heavy atom. The first-order valence-corrected chi connectivity index (χ1v) is 6.58. The predicted octanol–water partition coefficient (Wildman–Crippen LogP) is 0.882. The number of ether oxygens (including phenoxy) is 1. The number of rotatable bonds is 8. The molecule has 0 bridgehead atoms. The van der Waals surface area contributed by atoms with Crippen LogP contribution < -0.4 is 10.8 Å². The van der Waals surface area contributed by atoms with E-state index in [0.717, 1.165) is 49.9 Å². The number of hydrogen-bond donors (Lipinski definition) is 1. The van der Waals surface area contributed by atoms with Crippen molar-refractivity contribution in [3.8, 4) is 0 Å². The van der Waals surface area contributed by atoms with Crippen molar-refractivity contribution in [2.24, 2.45) is 0 Å². The van der Waals surface area contributed by atoms with Gasteiger partial charge < -0.3 is 10.1 Å². The first kappa shape index (κ1) is 14.8. The summed E-state index contributed by atoms with van der Waals surface area (Å²) in [4.78, 5) is 11.8. The average molecular weight is 247 g/mol. The van der Waals surface area contributed by atoms with Crippen molar-refractivity contribution in [2.45, 2.75) is 25.7 Å². The van der Waals surface area contributed by atoms with E-state index in [1.54, 1.807) is 7.11 Å². The molecular weight excluding hydrogens is 225 g/mol. The van der Waals surface area contributed by atoms with Crippen LogP contribution in [0.1, 0.15) is 36.0 Å². The standard InChI is InChI=1S/C14H22BNO2/c1-18-10-5-3-2-4-9-16-14(17)12-7-6-8-13(15)11-12/h6-8,11H,2-5,9-10,15H2,1H3,(H,16,17). The van der Waals surface area contributed by atoms with Gasteiger partial charge in [-0.3, -0.25) is 4.79 Å². The van der Waals surface area contributed by atoms with Crippen LogP contribution in [0.3, 0.4) is 0 Å². The highest BCUT2D eigenvalue weighted by molar-refractivity contribution is 6.32. The first-order chi connectivity index (χ1) is 8.74. The summed E-state index contributed by atoms with van der Waals surface area (Å²) in [6.45, 7) is 1.58. The summed E-state index contributed by atoms with van der Waals surface area (Å²) in [5.74, 6) is 0.0237. The molecule has 0 saturated carbocycles. The number of hydrogen-bond acceptors (Lipinski definition) is 2. The Bertz CT molecular complexity index is 369. The molecule has 0 spiro atoms. The van der Waals surface area contributed by atoms with E-state index in [4.69, 9.17) is 4.74 Å². The Morgan fingerprint density at radius 3 is 2.78 bits per heavy atom. The number of unbranched alkanes of at least 4 members (excludes halogenated alkanes) is 3. The van der Waals surface area contributed by atoms with E-state index in [1.807, 2.05) is 32.1 Å². The minimum absolute atomic E-state index is 0.0237. The second kappa shape index (κ2) is 8.75. The van der Waals surface area contributed by atoms with Crippen LogP contribution in [0.25, 0.3) is 0 Å². The second-order valence-electron chi connectivity index (χ2n) is 4.53. The van der Waals surface area contributed by atoms with Crippen molar-refractivity contribution in [2.75, 3.05) is 20.3 Å². The van der Waals surface area contributed by atoms with Crippen LogP contribution in [-0.2, 0) is 4.74 Å². The molecule has 0 aliphatic rings. The molecule has 0 aliphatic carbocycles. The van der Waals surface area contributed by atoms with Crippen LogP contribution in [0.5, 0.6) is 0 Å². The molecule has 0 aromatic heterocycles. The zero-order valence-corrected chi connectivity index (χ0v) is 11.4. The molecular formula is C14H22BNO2. The van der Waals surface area contributed by atoms with Crippen LogP contribution in [0, 0.1) is 0 Å². The maximum absolute atomic E-state index is 11.8. The monoisotopic (exact) mass is 247 g/mol. The fourth-order valence-corrected chi connectivity index (χ4v) is 1.82. The summed E-state index contributed by atoms with van der Waals surface area (Å²) in [6.07, 6.45) is 4.43. The number of methoxy groups -OCH3 is 1. The van der Waals surface area contributed by atoms with Gasteiger partial charge in [-0.2, -0.15) is 0 Å². The topological polar surface area (TPSA) is 38.3 Å². The lowest BCUT2D eigenvalue weighted by Crippen LogP contribution is -2.25. The number of amides is 1. The van der Waals surface area contributed by atoms with Crippen molar-refractivity contribution in [3.63, 3.8) is 0 Å². The van der Waals surface area contributed by atoms with Crippen molar-refractivity contribution < 1.29 is 9.53 Å². The molecule has 1 aromatic rings. The van der Waals surface area contributed by atoms with E-state index >= 15 is 0 Å². The summed E-state index contributed by atoms with van der Waals surface area (Å²) in [6, 6.07) is 7.66. The summed E-state index contributed by atoms with van der Waals surface area (Å²) in [5.41, 5.74) is 1.86. The van der Waals surface area contributed by atoms with Gasteiger partial charge in [-0.05, 0) is 18.9 Å². The van der Waals surface area contributed by atoms with E-state index in [-0.39, 0.29) is 5.91 Å². The Kier molecular flexibility index (Phi) is 7.19. The first-order valence-electron chi connectivity index (χ1n) is 6.58. The van der Waals surface area contributed by atoms with E-state index in [2.05, 4.69) is 5.32 Å². The Balaban J connectivity index is 2.14. The fraction of sp³-hybridized carbons (Fsp3) is 0.500. The molecule has 3 nitrogen and oxygen atoms in total. The molecule has 0 atom stereocenters. The average Bonchev–Trinajstić information content (AvgIpc) is 2.37. The minimum Gasteiger partial charge on any atom is -0.385 e. The van der Waals surface area contributed by atoms with E-state index in [1.165, 1.54) is 0 Å². The van der Waals surface area contributed by atoms with E-state index < -0.39 is 0 Å². The van der Waals surface area contributed by atoms with Gasteiger partial charge in [-0.1, -0.05) is 36.5 Å². The molecule has 0 saturated heterocycles. The molecule has 1 aromatic carbocycles. The predicted molar refractivity (Wildman–Crippen MR) is 77.3 cm³/mol. The lowest BCUT2D eigenvalue weighted by atomic mass is 9.94. The molecule has 0 fully saturated rings. The van der Waals surface area contributed by atoms with Gasteiger partial charge in [0.1, 0.15) is 7.85 Å². The number of carbonyl (C=O) groups is 1. The molecule has 1 rings (SSSR count). The van der Waals surface area contributed by atoms with Gasteiger partial charge in [0.05, 0.1) is 0 Å². The van der Waals surface area contributed by atoms with E-state index in [0.29, 0.717) is 0 Å². The molecule has 0 radical (unpaired) electrons. The van der Waals surface area contributed by atoms with Crippen LogP contribution in [0.2, 0.25) is 0 Å². The van der Waals surface area contributed by atoms with Crippen LogP contribution in [0.15, 0.2) is 24.3 Å². The van der Waals surface area contributed by atoms with Crippen molar-refractivity contribution in [3.05, 3.63) is 29.8 Å². The molecule has 1 amide bonds. The Labute approximate surface area is 110 Å². The van der Waals surface area contributed by atoms with Crippen LogP contribution in [-0.4, -0.2) is 34.0 Å². The van der Waals surface area contributed by atoms with Gasteiger partial charge in [-0.25, -0.2) is 0 Å². The maximum Gasteiger partial charge on any atom is 0.251 e. The normalized spacial score (nSPS) is 10.3. The lowest BCUT2D eigenvalue weighted by Gasteiger charge is -2.06. The highest BCUT2D eigenvalue weighted by Gasteiger charge is 2.03. The summed E-state index contributed by atoms with van der Waals surface area (Å²) in [5, 5.41) is 2.95. The van der Waals surface area contributed by atoms with Crippen molar-refractivity contribution in [1.29, 1.82) is 0 Å². The summed E-state index contributed by atoms with van der Waals surface area (Å²) in [7, 11) is 3.72. The zero-order valence-electron chi connectivity index (χ0n) is 11.4.